The normalized spacial score (nSPS) is 18.5. The zero-order valence-electron chi connectivity index (χ0n) is 17.1. The Morgan fingerprint density at radius 2 is 1.97 bits per heavy atom. The highest BCUT2D eigenvalue weighted by Crippen LogP contribution is 2.23. The largest absolute Gasteiger partial charge is 0.385 e. The lowest BCUT2D eigenvalue weighted by Crippen LogP contribution is -2.36. The molecule has 0 aromatic heterocycles. The molecule has 5 heteroatoms. The molecule has 2 heterocycles. The molecule has 1 atom stereocenters. The van der Waals surface area contributed by atoms with E-state index in [9.17, 15) is 4.39 Å². The van der Waals surface area contributed by atoms with Gasteiger partial charge in [0.25, 0.3) is 0 Å². The minimum Gasteiger partial charge on any atom is -0.385 e. The Labute approximate surface area is 177 Å². The minimum atomic E-state index is -0.215. The van der Waals surface area contributed by atoms with Crippen molar-refractivity contribution in [3.8, 4) is 0 Å². The Morgan fingerprint density at radius 1 is 1.17 bits per heavy atom. The number of hydrogen-bond acceptors (Lipinski definition) is 4. The highest BCUT2D eigenvalue weighted by molar-refractivity contribution is 5.75. The van der Waals surface area contributed by atoms with Crippen molar-refractivity contribution < 1.29 is 9.13 Å². The van der Waals surface area contributed by atoms with Crippen LogP contribution in [0.5, 0.6) is 0 Å². The number of ether oxygens (including phenoxy) is 1. The highest BCUT2D eigenvalue weighted by atomic mass is 19.1. The highest BCUT2D eigenvalue weighted by Gasteiger charge is 2.13. The van der Waals surface area contributed by atoms with Crippen LogP contribution in [0.1, 0.15) is 17.5 Å². The van der Waals surface area contributed by atoms with Gasteiger partial charge in [-0.05, 0) is 41.0 Å². The monoisotopic (exact) mass is 405 g/mol. The first-order valence-electron chi connectivity index (χ1n) is 10.4. The van der Waals surface area contributed by atoms with Gasteiger partial charge in [-0.2, -0.15) is 0 Å². The van der Waals surface area contributed by atoms with E-state index in [1.807, 2.05) is 6.07 Å². The van der Waals surface area contributed by atoms with E-state index < -0.39 is 0 Å². The Kier molecular flexibility index (Phi) is 6.50. The summed E-state index contributed by atoms with van der Waals surface area (Å²) in [5.74, 6) is -0.215. The Bertz CT molecular complexity index is 930. The standard InChI is InChI=1S/C25H28FN3O/c1-19(27-17-20-3-2-4-23(26)16-20)15-24-8-5-22(18-28-24)21-6-9-25(10-7-21)29-11-13-30-14-12-29/h2-10,16,18,24,27-28H,1,11-15,17H2. The van der Waals surface area contributed by atoms with Gasteiger partial charge >= 0.3 is 0 Å². The van der Waals surface area contributed by atoms with Crippen molar-refractivity contribution in [2.75, 3.05) is 31.2 Å². The van der Waals surface area contributed by atoms with Gasteiger partial charge in [0.15, 0.2) is 0 Å². The molecule has 0 radical (unpaired) electrons. The topological polar surface area (TPSA) is 36.5 Å². The third-order valence-corrected chi connectivity index (χ3v) is 5.44. The molecule has 0 saturated carbocycles. The zero-order valence-corrected chi connectivity index (χ0v) is 17.1. The second-order valence-electron chi connectivity index (χ2n) is 7.67. The lowest BCUT2D eigenvalue weighted by molar-refractivity contribution is 0.122. The SMILES string of the molecule is C=C(CC1C=CC(c2ccc(N3CCOCC3)cc2)=CN1)NCc1cccc(F)c1. The second kappa shape index (κ2) is 9.63. The first kappa shape index (κ1) is 20.2. The van der Waals surface area contributed by atoms with E-state index in [1.165, 1.54) is 17.3 Å². The summed E-state index contributed by atoms with van der Waals surface area (Å²) < 4.78 is 18.7. The number of halogens is 1. The van der Waals surface area contributed by atoms with Crippen molar-refractivity contribution in [1.82, 2.24) is 10.6 Å². The number of anilines is 1. The molecule has 0 spiro atoms. The van der Waals surface area contributed by atoms with Crippen molar-refractivity contribution in [3.63, 3.8) is 0 Å². The summed E-state index contributed by atoms with van der Waals surface area (Å²) in [4.78, 5) is 2.36. The predicted octanol–water partition coefficient (Wildman–Crippen LogP) is 4.22. The van der Waals surface area contributed by atoms with Gasteiger partial charge in [-0.25, -0.2) is 4.39 Å². The third-order valence-electron chi connectivity index (χ3n) is 5.44. The first-order valence-corrected chi connectivity index (χ1v) is 10.4. The molecule has 1 saturated heterocycles. The number of allylic oxidation sites excluding steroid dienone is 2. The van der Waals surface area contributed by atoms with Crippen LogP contribution in [0.15, 0.2) is 79.2 Å². The molecule has 4 nitrogen and oxygen atoms in total. The van der Waals surface area contributed by atoms with Crippen molar-refractivity contribution in [2.45, 2.75) is 19.0 Å². The van der Waals surface area contributed by atoms with Crippen LogP contribution in [0.2, 0.25) is 0 Å². The van der Waals surface area contributed by atoms with Gasteiger partial charge in [0.05, 0.1) is 13.2 Å². The summed E-state index contributed by atoms with van der Waals surface area (Å²) >= 11 is 0. The number of dihydropyridines is 1. The number of hydrogen-bond donors (Lipinski definition) is 2. The number of nitrogens with zero attached hydrogens (tertiary/aromatic N) is 1. The molecule has 2 aliphatic heterocycles. The summed E-state index contributed by atoms with van der Waals surface area (Å²) in [6.07, 6.45) is 7.16. The molecule has 0 amide bonds. The number of nitrogens with one attached hydrogen (secondary N) is 2. The number of benzene rings is 2. The molecule has 156 valence electrons. The Hall–Kier alpha value is -3.05. The Morgan fingerprint density at radius 3 is 2.67 bits per heavy atom. The molecule has 30 heavy (non-hydrogen) atoms. The van der Waals surface area contributed by atoms with Crippen LogP contribution in [0.3, 0.4) is 0 Å². The molecular formula is C25H28FN3O. The lowest BCUT2D eigenvalue weighted by Gasteiger charge is -2.29. The van der Waals surface area contributed by atoms with Crippen LogP contribution >= 0.6 is 0 Å². The Balaban J connectivity index is 1.26. The number of morpholine rings is 1. The van der Waals surface area contributed by atoms with Crippen LogP contribution in [0.4, 0.5) is 10.1 Å². The molecule has 1 fully saturated rings. The maximum absolute atomic E-state index is 13.3. The quantitative estimate of drug-likeness (QED) is 0.723. The van der Waals surface area contributed by atoms with Crippen molar-refractivity contribution in [3.05, 3.63) is 96.1 Å². The molecule has 2 aliphatic rings. The van der Waals surface area contributed by atoms with E-state index in [0.717, 1.165) is 49.6 Å². The molecule has 2 N–H and O–H groups in total. The van der Waals surface area contributed by atoms with Gasteiger partial charge in [0, 0.05) is 49.7 Å². The van der Waals surface area contributed by atoms with E-state index >= 15 is 0 Å². The molecule has 0 aliphatic carbocycles. The fourth-order valence-corrected chi connectivity index (χ4v) is 3.72. The van der Waals surface area contributed by atoms with E-state index in [4.69, 9.17) is 4.74 Å². The van der Waals surface area contributed by atoms with Gasteiger partial charge in [0.1, 0.15) is 5.82 Å². The van der Waals surface area contributed by atoms with Crippen LogP contribution in [-0.2, 0) is 11.3 Å². The van der Waals surface area contributed by atoms with Gasteiger partial charge in [0.2, 0.25) is 0 Å². The van der Waals surface area contributed by atoms with Gasteiger partial charge < -0.3 is 20.3 Å². The molecule has 1 unspecified atom stereocenters. The van der Waals surface area contributed by atoms with Crippen LogP contribution < -0.4 is 15.5 Å². The predicted molar refractivity (Wildman–Crippen MR) is 121 cm³/mol. The molecule has 4 rings (SSSR count). The molecular weight excluding hydrogens is 377 g/mol. The second-order valence-corrected chi connectivity index (χ2v) is 7.67. The van der Waals surface area contributed by atoms with Crippen molar-refractivity contribution in [1.29, 1.82) is 0 Å². The van der Waals surface area contributed by atoms with Gasteiger partial charge in [-0.15, -0.1) is 0 Å². The van der Waals surface area contributed by atoms with E-state index in [-0.39, 0.29) is 11.9 Å². The average Bonchev–Trinajstić information content (AvgIpc) is 2.79. The van der Waals surface area contributed by atoms with E-state index in [0.29, 0.717) is 6.54 Å². The lowest BCUT2D eigenvalue weighted by atomic mass is 10.0. The maximum Gasteiger partial charge on any atom is 0.123 e. The van der Waals surface area contributed by atoms with Crippen molar-refractivity contribution >= 4 is 11.3 Å². The van der Waals surface area contributed by atoms with E-state index in [1.54, 1.807) is 12.1 Å². The third kappa shape index (κ3) is 5.30. The maximum atomic E-state index is 13.3. The summed E-state index contributed by atoms with van der Waals surface area (Å²) in [5.41, 5.74) is 5.43. The molecule has 2 aromatic rings. The molecule has 0 bridgehead atoms. The summed E-state index contributed by atoms with van der Waals surface area (Å²) in [6, 6.07) is 15.5. The van der Waals surface area contributed by atoms with Crippen LogP contribution in [-0.4, -0.2) is 32.3 Å². The zero-order chi connectivity index (χ0) is 20.8. The summed E-state index contributed by atoms with van der Waals surface area (Å²) in [7, 11) is 0. The summed E-state index contributed by atoms with van der Waals surface area (Å²) in [6.45, 7) is 8.16. The fourth-order valence-electron chi connectivity index (χ4n) is 3.72. The van der Waals surface area contributed by atoms with Crippen LogP contribution in [0, 0.1) is 5.82 Å². The smallest absolute Gasteiger partial charge is 0.123 e. The minimum absolute atomic E-state index is 0.189. The van der Waals surface area contributed by atoms with Gasteiger partial charge in [-0.1, -0.05) is 43.0 Å². The van der Waals surface area contributed by atoms with Crippen LogP contribution in [0.25, 0.3) is 5.57 Å². The average molecular weight is 406 g/mol. The number of rotatable bonds is 7. The fraction of sp³-hybridized carbons (Fsp3) is 0.280. The van der Waals surface area contributed by atoms with Gasteiger partial charge in [-0.3, -0.25) is 0 Å². The summed E-state index contributed by atoms with van der Waals surface area (Å²) in [5, 5.41) is 6.73. The van der Waals surface area contributed by atoms with E-state index in [2.05, 4.69) is 64.7 Å². The molecule has 2 aromatic carbocycles. The first-order chi connectivity index (χ1) is 14.7. The van der Waals surface area contributed by atoms with Crippen molar-refractivity contribution in [2.24, 2.45) is 0 Å².